The number of piperidine rings is 1. The smallest absolute Gasteiger partial charge is 0.341 e. The van der Waals surface area contributed by atoms with Crippen LogP contribution in [0.2, 0.25) is 0 Å². The Morgan fingerprint density at radius 2 is 2.11 bits per heavy atom. The van der Waals surface area contributed by atoms with Crippen molar-refractivity contribution in [1.82, 2.24) is 10.3 Å². The summed E-state index contributed by atoms with van der Waals surface area (Å²) in [5, 5.41) is 3.87. The molecule has 0 radical (unpaired) electrons. The fourth-order valence-electron chi connectivity index (χ4n) is 4.70. The van der Waals surface area contributed by atoms with E-state index in [0.717, 1.165) is 43.0 Å². The quantitative estimate of drug-likeness (QED) is 0.650. The molecule has 27 heavy (non-hydrogen) atoms. The number of hydrogen-bond donors (Lipinski definition) is 1. The summed E-state index contributed by atoms with van der Waals surface area (Å²) in [6.07, 6.45) is 12.1. The molecular weight excluding hydrogens is 338 g/mol. The van der Waals surface area contributed by atoms with E-state index in [4.69, 9.17) is 9.72 Å². The van der Waals surface area contributed by atoms with Crippen LogP contribution >= 0.6 is 0 Å². The summed E-state index contributed by atoms with van der Waals surface area (Å²) in [5.74, 6) is 0.496. The molecule has 1 saturated heterocycles. The van der Waals surface area contributed by atoms with Gasteiger partial charge in [-0.15, -0.1) is 0 Å². The number of allylic oxidation sites excluding steroid dienone is 1. The summed E-state index contributed by atoms with van der Waals surface area (Å²) < 4.78 is 5.00. The van der Waals surface area contributed by atoms with Gasteiger partial charge < -0.3 is 15.0 Å². The molecule has 2 heterocycles. The summed E-state index contributed by atoms with van der Waals surface area (Å²) in [4.78, 5) is 19.3. The Labute approximate surface area is 162 Å². The van der Waals surface area contributed by atoms with E-state index in [1.807, 2.05) is 19.9 Å². The monoisotopic (exact) mass is 369 g/mol. The van der Waals surface area contributed by atoms with Crippen LogP contribution in [0.3, 0.4) is 0 Å². The van der Waals surface area contributed by atoms with E-state index < -0.39 is 0 Å². The fourth-order valence-corrected chi connectivity index (χ4v) is 4.70. The van der Waals surface area contributed by atoms with Crippen LogP contribution in [0.15, 0.2) is 18.2 Å². The predicted octanol–water partition coefficient (Wildman–Crippen LogP) is 3.54. The second-order valence-corrected chi connectivity index (χ2v) is 8.49. The highest BCUT2D eigenvalue weighted by atomic mass is 16.5. The molecule has 0 amide bonds. The van der Waals surface area contributed by atoms with Crippen LogP contribution in [0, 0.1) is 19.3 Å². The first kappa shape index (κ1) is 18.5. The summed E-state index contributed by atoms with van der Waals surface area (Å²) >= 11 is 0. The van der Waals surface area contributed by atoms with Crippen molar-refractivity contribution in [3.63, 3.8) is 0 Å². The Bertz CT molecular complexity index is 750. The number of anilines is 1. The molecule has 0 bridgehead atoms. The van der Waals surface area contributed by atoms with Gasteiger partial charge in [-0.25, -0.2) is 9.78 Å². The molecule has 0 aromatic carbocycles. The molecule has 1 spiro atoms. The number of nitrogens with zero attached hydrogens (tertiary/aromatic N) is 2. The van der Waals surface area contributed by atoms with Gasteiger partial charge in [0.05, 0.1) is 7.11 Å². The van der Waals surface area contributed by atoms with Gasteiger partial charge in [0, 0.05) is 30.9 Å². The fraction of sp³-hybridized carbons (Fsp3) is 0.636. The number of nitrogens with one attached hydrogen (secondary N) is 1. The molecule has 5 nitrogen and oxygen atoms in total. The Kier molecular flexibility index (Phi) is 4.97. The van der Waals surface area contributed by atoms with Crippen molar-refractivity contribution in [2.45, 2.75) is 64.5 Å². The van der Waals surface area contributed by atoms with E-state index >= 15 is 0 Å². The van der Waals surface area contributed by atoms with Gasteiger partial charge in [0.15, 0.2) is 0 Å². The maximum Gasteiger partial charge on any atom is 0.341 e. The second kappa shape index (κ2) is 7.27. The van der Waals surface area contributed by atoms with Crippen molar-refractivity contribution >= 4 is 11.8 Å². The highest BCUT2D eigenvalue weighted by Crippen LogP contribution is 2.54. The Balaban J connectivity index is 1.43. The average Bonchev–Trinajstić information content (AvgIpc) is 3.35. The van der Waals surface area contributed by atoms with Crippen LogP contribution in [0.4, 0.5) is 5.82 Å². The SMILES string of the molecule is COC(=O)c1cc(C)c(C)nc1N1CCC2(CC1)CC2NC1C=CCCC1. The van der Waals surface area contributed by atoms with Crippen molar-refractivity contribution < 1.29 is 9.53 Å². The Morgan fingerprint density at radius 1 is 1.33 bits per heavy atom. The van der Waals surface area contributed by atoms with Crippen molar-refractivity contribution in [2.24, 2.45) is 5.41 Å². The second-order valence-electron chi connectivity index (χ2n) is 8.49. The lowest BCUT2D eigenvalue weighted by Gasteiger charge is -2.35. The van der Waals surface area contributed by atoms with Gasteiger partial charge in [-0.2, -0.15) is 0 Å². The third kappa shape index (κ3) is 3.62. The van der Waals surface area contributed by atoms with Crippen LogP contribution < -0.4 is 10.2 Å². The number of methoxy groups -OCH3 is 1. The first-order valence-corrected chi connectivity index (χ1v) is 10.3. The largest absolute Gasteiger partial charge is 0.465 e. The van der Waals surface area contributed by atoms with Gasteiger partial charge >= 0.3 is 5.97 Å². The highest BCUT2D eigenvalue weighted by molar-refractivity contribution is 5.95. The maximum atomic E-state index is 12.2. The van der Waals surface area contributed by atoms with Crippen LogP contribution in [0.5, 0.6) is 0 Å². The van der Waals surface area contributed by atoms with Crippen LogP contribution in [-0.4, -0.2) is 43.2 Å². The molecule has 4 rings (SSSR count). The van der Waals surface area contributed by atoms with Crippen molar-refractivity contribution in [1.29, 1.82) is 0 Å². The topological polar surface area (TPSA) is 54.5 Å². The van der Waals surface area contributed by atoms with Crippen LogP contribution in [-0.2, 0) is 4.74 Å². The minimum absolute atomic E-state index is 0.295. The van der Waals surface area contributed by atoms with Crippen molar-refractivity contribution in [3.05, 3.63) is 35.0 Å². The normalized spacial score (nSPS) is 26.3. The number of aryl methyl sites for hydroxylation is 2. The molecule has 2 unspecified atom stereocenters. The molecule has 2 fully saturated rings. The van der Waals surface area contributed by atoms with Crippen molar-refractivity contribution in [2.75, 3.05) is 25.1 Å². The summed E-state index contributed by atoms with van der Waals surface area (Å²) in [7, 11) is 1.44. The molecule has 2 aliphatic carbocycles. The molecule has 1 aromatic heterocycles. The average molecular weight is 370 g/mol. The molecule has 1 N–H and O–H groups in total. The molecule has 1 aromatic rings. The number of rotatable bonds is 4. The Hall–Kier alpha value is -1.88. The molecule has 1 saturated carbocycles. The summed E-state index contributed by atoms with van der Waals surface area (Å²) in [6.45, 7) is 5.91. The number of hydrogen-bond acceptors (Lipinski definition) is 5. The zero-order chi connectivity index (χ0) is 19.0. The first-order chi connectivity index (χ1) is 13.0. The molecule has 5 heteroatoms. The van der Waals surface area contributed by atoms with Gasteiger partial charge in [-0.1, -0.05) is 12.2 Å². The molecular formula is C22H31N3O2. The lowest BCUT2D eigenvalue weighted by Crippen LogP contribution is -2.40. The van der Waals surface area contributed by atoms with Gasteiger partial charge in [-0.05, 0) is 69.4 Å². The van der Waals surface area contributed by atoms with E-state index in [2.05, 4.69) is 22.4 Å². The Morgan fingerprint density at radius 3 is 2.78 bits per heavy atom. The number of carbonyl (C=O) groups is 1. The summed E-state index contributed by atoms with van der Waals surface area (Å²) in [5.41, 5.74) is 3.05. The zero-order valence-corrected chi connectivity index (χ0v) is 16.8. The van der Waals surface area contributed by atoms with Gasteiger partial charge in [-0.3, -0.25) is 0 Å². The van der Waals surface area contributed by atoms with Gasteiger partial charge in [0.1, 0.15) is 11.4 Å². The molecule has 3 aliphatic rings. The molecule has 146 valence electrons. The number of aromatic nitrogens is 1. The minimum Gasteiger partial charge on any atom is -0.465 e. The highest BCUT2D eigenvalue weighted by Gasteiger charge is 2.55. The van der Waals surface area contributed by atoms with E-state index in [9.17, 15) is 4.79 Å². The van der Waals surface area contributed by atoms with Gasteiger partial charge in [0.2, 0.25) is 0 Å². The van der Waals surface area contributed by atoms with E-state index in [1.54, 1.807) is 0 Å². The van der Waals surface area contributed by atoms with Crippen LogP contribution in [0.1, 0.15) is 60.1 Å². The third-order valence-electron chi connectivity index (χ3n) is 6.77. The van der Waals surface area contributed by atoms with E-state index in [1.165, 1.54) is 32.8 Å². The van der Waals surface area contributed by atoms with Crippen LogP contribution in [0.25, 0.3) is 0 Å². The predicted molar refractivity (Wildman–Crippen MR) is 107 cm³/mol. The number of esters is 1. The molecule has 2 atom stereocenters. The maximum absolute atomic E-state index is 12.2. The lowest BCUT2D eigenvalue weighted by molar-refractivity contribution is 0.0600. The third-order valence-corrected chi connectivity index (χ3v) is 6.77. The first-order valence-electron chi connectivity index (χ1n) is 10.3. The zero-order valence-electron chi connectivity index (χ0n) is 16.8. The van der Waals surface area contributed by atoms with E-state index in [0.29, 0.717) is 23.1 Å². The number of pyridine rings is 1. The summed E-state index contributed by atoms with van der Waals surface area (Å²) in [6, 6.07) is 3.14. The minimum atomic E-state index is -0.295. The van der Waals surface area contributed by atoms with Crippen molar-refractivity contribution in [3.8, 4) is 0 Å². The number of carbonyl (C=O) groups excluding carboxylic acids is 1. The number of ether oxygens (including phenoxy) is 1. The van der Waals surface area contributed by atoms with Gasteiger partial charge in [0.25, 0.3) is 0 Å². The lowest BCUT2D eigenvalue weighted by atomic mass is 9.91. The standard InChI is InChI=1S/C22H31N3O2/c1-15-13-18(21(26)27-3)20(23-16(15)2)25-11-9-22(10-12-25)14-19(22)24-17-7-5-4-6-8-17/h5,7,13,17,19,24H,4,6,8-12,14H2,1-3H3. The molecule has 1 aliphatic heterocycles. The van der Waals surface area contributed by atoms with E-state index in [-0.39, 0.29) is 5.97 Å².